The molecular weight excluding hydrogens is 452 g/mol. The standard InChI is InChI=1S/C19H16BrClN2O3S/c1-26-14-7-9(11(20)8-13(14)24)6-12(21)17-22-18(25)16-10-4-2-3-5-15(10)27-19(16)23-17/h6-8,24H,2-5H2,1H3,(H,22,23,25). The van der Waals surface area contributed by atoms with Crippen molar-refractivity contribution in [1.29, 1.82) is 0 Å². The fourth-order valence-corrected chi connectivity index (χ4v) is 5.23. The van der Waals surface area contributed by atoms with Crippen LogP contribution in [0.15, 0.2) is 21.4 Å². The topological polar surface area (TPSA) is 75.2 Å². The first kappa shape index (κ1) is 18.5. The summed E-state index contributed by atoms with van der Waals surface area (Å²) in [5, 5.41) is 10.8. The number of halogens is 2. The lowest BCUT2D eigenvalue weighted by Crippen LogP contribution is -2.12. The third-order valence-electron chi connectivity index (χ3n) is 4.63. The van der Waals surface area contributed by atoms with Crippen LogP contribution in [0.2, 0.25) is 0 Å². The van der Waals surface area contributed by atoms with Gasteiger partial charge in [0.1, 0.15) is 4.83 Å². The van der Waals surface area contributed by atoms with Crippen LogP contribution >= 0.6 is 38.9 Å². The summed E-state index contributed by atoms with van der Waals surface area (Å²) in [5.74, 6) is 0.679. The lowest BCUT2D eigenvalue weighted by molar-refractivity contribution is 0.373. The number of ether oxygens (including phenoxy) is 1. The van der Waals surface area contributed by atoms with Gasteiger partial charge >= 0.3 is 0 Å². The van der Waals surface area contributed by atoms with E-state index in [1.165, 1.54) is 18.1 Å². The van der Waals surface area contributed by atoms with Crippen molar-refractivity contribution < 1.29 is 9.84 Å². The van der Waals surface area contributed by atoms with Crippen molar-refractivity contribution in [3.8, 4) is 11.5 Å². The lowest BCUT2D eigenvalue weighted by Gasteiger charge is -2.09. The molecule has 8 heteroatoms. The first-order valence-electron chi connectivity index (χ1n) is 8.46. The molecule has 0 saturated carbocycles. The Kier molecular flexibility index (Phi) is 5.01. The number of aryl methyl sites for hydroxylation is 2. The van der Waals surface area contributed by atoms with E-state index in [9.17, 15) is 9.90 Å². The molecule has 0 fully saturated rings. The van der Waals surface area contributed by atoms with Crippen molar-refractivity contribution in [2.24, 2.45) is 0 Å². The summed E-state index contributed by atoms with van der Waals surface area (Å²) in [6.45, 7) is 0. The molecule has 27 heavy (non-hydrogen) atoms. The van der Waals surface area contributed by atoms with E-state index in [1.807, 2.05) is 0 Å². The smallest absolute Gasteiger partial charge is 0.260 e. The monoisotopic (exact) mass is 466 g/mol. The number of phenolic OH excluding ortho intramolecular Hbond substituents is 1. The van der Waals surface area contributed by atoms with Crippen LogP contribution in [0.1, 0.15) is 34.7 Å². The second kappa shape index (κ2) is 7.30. The Morgan fingerprint density at radius 2 is 2.19 bits per heavy atom. The van der Waals surface area contributed by atoms with E-state index in [1.54, 1.807) is 23.5 Å². The van der Waals surface area contributed by atoms with Gasteiger partial charge in [-0.2, -0.15) is 0 Å². The van der Waals surface area contributed by atoms with Crippen LogP contribution in [0.3, 0.4) is 0 Å². The van der Waals surface area contributed by atoms with Gasteiger partial charge in [0.15, 0.2) is 17.3 Å². The van der Waals surface area contributed by atoms with Crippen LogP contribution in [0.4, 0.5) is 0 Å². The van der Waals surface area contributed by atoms with E-state index in [0.717, 1.165) is 36.1 Å². The molecule has 2 N–H and O–H groups in total. The summed E-state index contributed by atoms with van der Waals surface area (Å²) in [6.07, 6.45) is 5.88. The van der Waals surface area contributed by atoms with Crippen LogP contribution in [-0.2, 0) is 12.8 Å². The van der Waals surface area contributed by atoms with Gasteiger partial charge in [-0.05, 0) is 55.0 Å². The molecule has 1 aliphatic rings. The normalized spacial score (nSPS) is 14.4. The van der Waals surface area contributed by atoms with Gasteiger partial charge in [0.2, 0.25) is 0 Å². The van der Waals surface area contributed by atoms with Crippen LogP contribution in [0.5, 0.6) is 11.5 Å². The number of aromatic nitrogens is 2. The molecule has 1 aliphatic carbocycles. The summed E-state index contributed by atoms with van der Waals surface area (Å²) in [7, 11) is 1.48. The first-order chi connectivity index (χ1) is 13.0. The van der Waals surface area contributed by atoms with Gasteiger partial charge in [0.25, 0.3) is 5.56 Å². The molecule has 0 aliphatic heterocycles. The molecule has 4 rings (SSSR count). The number of thiophene rings is 1. The number of hydrogen-bond acceptors (Lipinski definition) is 5. The predicted molar refractivity (Wildman–Crippen MR) is 113 cm³/mol. The number of fused-ring (bicyclic) bond motifs is 3. The maximum atomic E-state index is 12.7. The van der Waals surface area contributed by atoms with E-state index in [4.69, 9.17) is 16.3 Å². The van der Waals surface area contributed by atoms with Gasteiger partial charge in [0.05, 0.1) is 17.5 Å². The van der Waals surface area contributed by atoms with Crippen LogP contribution in [-0.4, -0.2) is 22.2 Å². The minimum absolute atomic E-state index is 0.0229. The number of phenols is 1. The van der Waals surface area contributed by atoms with Crippen molar-refractivity contribution in [2.45, 2.75) is 25.7 Å². The highest BCUT2D eigenvalue weighted by atomic mass is 79.9. The van der Waals surface area contributed by atoms with Crippen molar-refractivity contribution in [2.75, 3.05) is 7.11 Å². The number of methoxy groups -OCH3 is 1. The molecule has 140 valence electrons. The minimum Gasteiger partial charge on any atom is -0.504 e. The van der Waals surface area contributed by atoms with Gasteiger partial charge in [-0.3, -0.25) is 4.79 Å². The summed E-state index contributed by atoms with van der Waals surface area (Å²) < 4.78 is 5.78. The van der Waals surface area contributed by atoms with E-state index in [0.29, 0.717) is 32.0 Å². The van der Waals surface area contributed by atoms with Gasteiger partial charge in [0, 0.05) is 9.35 Å². The van der Waals surface area contributed by atoms with Crippen LogP contribution < -0.4 is 10.3 Å². The molecule has 5 nitrogen and oxygen atoms in total. The highest BCUT2D eigenvalue weighted by Gasteiger charge is 2.20. The Morgan fingerprint density at radius 1 is 1.41 bits per heavy atom. The Labute approximate surface area is 172 Å². The highest BCUT2D eigenvalue weighted by molar-refractivity contribution is 9.10. The zero-order valence-corrected chi connectivity index (χ0v) is 17.6. The van der Waals surface area contributed by atoms with E-state index >= 15 is 0 Å². The second-order valence-corrected chi connectivity index (χ2v) is 8.69. The summed E-state index contributed by atoms with van der Waals surface area (Å²) in [4.78, 5) is 22.1. The number of H-pyrrole nitrogens is 1. The third-order valence-corrected chi connectivity index (χ3v) is 6.79. The first-order valence-corrected chi connectivity index (χ1v) is 10.5. The fraction of sp³-hybridized carbons (Fsp3) is 0.263. The number of nitrogens with one attached hydrogen (secondary N) is 1. The molecule has 2 heterocycles. The summed E-state index contributed by atoms with van der Waals surface area (Å²) >= 11 is 11.4. The molecule has 1 aromatic carbocycles. The second-order valence-electron chi connectivity index (χ2n) is 6.34. The molecule has 0 radical (unpaired) electrons. The Morgan fingerprint density at radius 3 is 2.96 bits per heavy atom. The predicted octanol–water partition coefficient (Wildman–Crippen LogP) is 5.08. The number of aromatic hydroxyl groups is 1. The van der Waals surface area contributed by atoms with Crippen molar-refractivity contribution >= 4 is 60.2 Å². The Hall–Kier alpha value is -1.83. The zero-order chi connectivity index (χ0) is 19.1. The number of hydrogen-bond donors (Lipinski definition) is 2. The van der Waals surface area contributed by atoms with Crippen molar-refractivity contribution in [3.63, 3.8) is 0 Å². The SMILES string of the molecule is COc1cc(C=C(Cl)c2nc3sc4c(c3c(=O)[nH]2)CCCC4)c(Br)cc1O. The maximum absolute atomic E-state index is 12.7. The Balaban J connectivity index is 1.80. The number of rotatable bonds is 3. The molecule has 0 unspecified atom stereocenters. The molecule has 3 aromatic rings. The minimum atomic E-state index is -0.150. The van der Waals surface area contributed by atoms with Crippen LogP contribution in [0.25, 0.3) is 21.3 Å². The highest BCUT2D eigenvalue weighted by Crippen LogP contribution is 2.36. The Bertz CT molecular complexity index is 1140. The van der Waals surface area contributed by atoms with E-state index < -0.39 is 0 Å². The van der Waals surface area contributed by atoms with Gasteiger partial charge in [-0.25, -0.2) is 4.98 Å². The summed E-state index contributed by atoms with van der Waals surface area (Å²) in [6, 6.07) is 3.18. The quantitative estimate of drug-likeness (QED) is 0.563. The molecular formula is C19H16BrClN2O3S. The maximum Gasteiger partial charge on any atom is 0.260 e. The number of aromatic amines is 1. The molecule has 0 saturated heterocycles. The average Bonchev–Trinajstić information content (AvgIpc) is 3.02. The summed E-state index contributed by atoms with van der Waals surface area (Å²) in [5.41, 5.74) is 1.69. The third kappa shape index (κ3) is 3.39. The molecule has 0 spiro atoms. The largest absolute Gasteiger partial charge is 0.504 e. The van der Waals surface area contributed by atoms with Crippen molar-refractivity contribution in [1.82, 2.24) is 9.97 Å². The van der Waals surface area contributed by atoms with Gasteiger partial charge in [-0.1, -0.05) is 27.5 Å². The average molecular weight is 468 g/mol. The number of benzene rings is 1. The van der Waals surface area contributed by atoms with Gasteiger partial charge < -0.3 is 14.8 Å². The van der Waals surface area contributed by atoms with E-state index in [-0.39, 0.29) is 11.3 Å². The number of nitrogens with zero attached hydrogens (tertiary/aromatic N) is 1. The molecule has 0 amide bonds. The van der Waals surface area contributed by atoms with Crippen molar-refractivity contribution in [3.05, 3.63) is 48.8 Å². The molecule has 2 aromatic heterocycles. The van der Waals surface area contributed by atoms with Gasteiger partial charge in [-0.15, -0.1) is 11.3 Å². The zero-order valence-electron chi connectivity index (χ0n) is 14.4. The molecule has 0 atom stereocenters. The van der Waals surface area contributed by atoms with Crippen LogP contribution in [0, 0.1) is 0 Å². The fourth-order valence-electron chi connectivity index (χ4n) is 3.31. The van der Waals surface area contributed by atoms with E-state index in [2.05, 4.69) is 25.9 Å². The molecule has 0 bridgehead atoms. The lowest BCUT2D eigenvalue weighted by atomic mass is 9.97.